The van der Waals surface area contributed by atoms with Crippen molar-refractivity contribution in [3.8, 4) is 0 Å². The summed E-state index contributed by atoms with van der Waals surface area (Å²) in [7, 11) is -3.68. The first-order valence-corrected chi connectivity index (χ1v) is 9.83. The summed E-state index contributed by atoms with van der Waals surface area (Å²) in [6, 6.07) is 8.31. The Morgan fingerprint density at radius 2 is 1.88 bits per heavy atom. The molecule has 0 saturated carbocycles. The highest BCUT2D eigenvalue weighted by atomic mass is 32.2. The number of aromatic nitrogens is 2. The number of carbonyl (C=O) groups excluding carboxylic acids is 1. The number of hydrogen-bond acceptors (Lipinski definition) is 6. The fraction of sp³-hybridized carbons (Fsp3) is 0.400. The molecule has 0 fully saturated rings. The normalized spacial score (nSPS) is 11.4. The molecule has 0 aliphatic carbocycles. The monoisotopic (exact) mass is 368 g/mol. The van der Waals surface area contributed by atoms with Crippen LogP contribution in [0.5, 0.6) is 0 Å². The minimum atomic E-state index is -3.68. The molecule has 24 heavy (non-hydrogen) atoms. The number of nitrogens with one attached hydrogen (secondary N) is 2. The van der Waals surface area contributed by atoms with E-state index in [1.165, 1.54) is 18.1 Å². The number of aryl methyl sites for hydroxylation is 2. The Bertz CT molecular complexity index is 785. The highest BCUT2D eigenvalue weighted by Crippen LogP contribution is 2.19. The quantitative estimate of drug-likeness (QED) is 0.549. The summed E-state index contributed by atoms with van der Waals surface area (Å²) in [6.45, 7) is 3.70. The van der Waals surface area contributed by atoms with Crippen LogP contribution in [0, 0.1) is 6.92 Å². The molecule has 1 amide bonds. The van der Waals surface area contributed by atoms with Crippen LogP contribution in [-0.2, 0) is 21.2 Å². The van der Waals surface area contributed by atoms with Crippen LogP contribution in [-0.4, -0.2) is 31.1 Å². The van der Waals surface area contributed by atoms with Crippen LogP contribution in [0.2, 0.25) is 0 Å². The Hall–Kier alpha value is -1.84. The van der Waals surface area contributed by atoms with Crippen LogP contribution < -0.4 is 10.0 Å². The van der Waals surface area contributed by atoms with E-state index in [0.29, 0.717) is 6.54 Å². The molecule has 0 aliphatic rings. The van der Waals surface area contributed by atoms with E-state index in [2.05, 4.69) is 44.5 Å². The summed E-state index contributed by atoms with van der Waals surface area (Å²) in [5.41, 5.74) is 2.47. The third-order valence-electron chi connectivity index (χ3n) is 3.22. The van der Waals surface area contributed by atoms with Crippen LogP contribution in [0.3, 0.4) is 0 Å². The first kappa shape index (κ1) is 18.5. The van der Waals surface area contributed by atoms with Gasteiger partial charge in [-0.2, -0.15) is 0 Å². The van der Waals surface area contributed by atoms with E-state index >= 15 is 0 Å². The molecule has 2 N–H and O–H groups in total. The zero-order chi connectivity index (χ0) is 17.6. The maximum Gasteiger partial charge on any atom is 0.269 e. The van der Waals surface area contributed by atoms with Gasteiger partial charge in [0.15, 0.2) is 0 Å². The van der Waals surface area contributed by atoms with Gasteiger partial charge in [0.25, 0.3) is 10.0 Å². The van der Waals surface area contributed by atoms with Crippen molar-refractivity contribution in [2.45, 2.75) is 37.4 Å². The Kier molecular flexibility index (Phi) is 6.41. The maximum absolute atomic E-state index is 12.1. The van der Waals surface area contributed by atoms with Gasteiger partial charge < -0.3 is 5.32 Å². The molecule has 7 nitrogen and oxygen atoms in total. The van der Waals surface area contributed by atoms with Crippen LogP contribution in [0.1, 0.15) is 30.9 Å². The van der Waals surface area contributed by atoms with Crippen LogP contribution in [0.25, 0.3) is 0 Å². The van der Waals surface area contributed by atoms with Crippen molar-refractivity contribution >= 4 is 32.4 Å². The SMILES string of the molecule is CC(=O)Nc1nnc(S(=O)(=O)NCCCCc2ccc(C)cc2)s1. The predicted octanol–water partition coefficient (Wildman–Crippen LogP) is 2.11. The van der Waals surface area contributed by atoms with Crippen LogP contribution in [0.4, 0.5) is 5.13 Å². The van der Waals surface area contributed by atoms with Crippen molar-refractivity contribution in [2.75, 3.05) is 11.9 Å². The van der Waals surface area contributed by atoms with Gasteiger partial charge in [-0.05, 0) is 31.7 Å². The molecular weight excluding hydrogens is 348 g/mol. The molecule has 0 unspecified atom stereocenters. The standard InChI is InChI=1S/C15H20N4O3S2/c1-11-6-8-13(9-7-11)5-3-4-10-16-24(21,22)15-19-18-14(23-15)17-12(2)20/h6-9,16H,3-5,10H2,1-2H3,(H,17,18,20). The molecule has 2 rings (SSSR count). The van der Waals surface area contributed by atoms with Gasteiger partial charge in [-0.3, -0.25) is 4.79 Å². The first-order valence-electron chi connectivity index (χ1n) is 7.53. The molecule has 1 heterocycles. The van der Waals surface area contributed by atoms with E-state index < -0.39 is 10.0 Å². The molecule has 0 aliphatic heterocycles. The van der Waals surface area contributed by atoms with Crippen LogP contribution >= 0.6 is 11.3 Å². The molecule has 0 spiro atoms. The van der Waals surface area contributed by atoms with Crippen molar-refractivity contribution in [2.24, 2.45) is 0 Å². The van der Waals surface area contributed by atoms with E-state index in [-0.39, 0.29) is 15.4 Å². The second kappa shape index (κ2) is 8.32. The fourth-order valence-corrected chi connectivity index (χ4v) is 4.06. The van der Waals surface area contributed by atoms with E-state index in [1.54, 1.807) is 0 Å². The number of rotatable bonds is 8. The molecule has 0 saturated heterocycles. The van der Waals surface area contributed by atoms with Gasteiger partial charge in [0.2, 0.25) is 15.4 Å². The van der Waals surface area contributed by atoms with E-state index in [1.807, 2.05) is 6.92 Å². The number of hydrogen-bond donors (Lipinski definition) is 2. The number of carbonyl (C=O) groups is 1. The minimum Gasteiger partial charge on any atom is -0.301 e. The maximum atomic E-state index is 12.1. The molecule has 0 radical (unpaired) electrons. The molecule has 0 bridgehead atoms. The summed E-state index contributed by atoms with van der Waals surface area (Å²) in [6.07, 6.45) is 2.52. The van der Waals surface area contributed by atoms with Gasteiger partial charge in [-0.25, -0.2) is 13.1 Å². The number of amides is 1. The Morgan fingerprint density at radius 1 is 1.17 bits per heavy atom. The molecule has 2 aromatic rings. The van der Waals surface area contributed by atoms with E-state index in [9.17, 15) is 13.2 Å². The van der Waals surface area contributed by atoms with Crippen molar-refractivity contribution in [1.82, 2.24) is 14.9 Å². The number of sulfonamides is 1. The van der Waals surface area contributed by atoms with Crippen molar-refractivity contribution in [3.63, 3.8) is 0 Å². The number of nitrogens with zero attached hydrogens (tertiary/aromatic N) is 2. The molecule has 1 aromatic carbocycles. The molecule has 130 valence electrons. The predicted molar refractivity (Wildman–Crippen MR) is 93.5 cm³/mol. The lowest BCUT2D eigenvalue weighted by atomic mass is 10.1. The van der Waals surface area contributed by atoms with Gasteiger partial charge in [0.05, 0.1) is 0 Å². The summed E-state index contributed by atoms with van der Waals surface area (Å²) in [5, 5.41) is 9.81. The Balaban J connectivity index is 1.77. The van der Waals surface area contributed by atoms with Gasteiger partial charge in [0, 0.05) is 13.5 Å². The zero-order valence-electron chi connectivity index (χ0n) is 13.6. The number of benzene rings is 1. The molecule has 9 heteroatoms. The van der Waals surface area contributed by atoms with Gasteiger partial charge >= 0.3 is 0 Å². The van der Waals surface area contributed by atoms with Gasteiger partial charge in [0.1, 0.15) is 0 Å². The average molecular weight is 368 g/mol. The van der Waals surface area contributed by atoms with Crippen molar-refractivity contribution in [1.29, 1.82) is 0 Å². The number of anilines is 1. The van der Waals surface area contributed by atoms with E-state index in [0.717, 1.165) is 30.6 Å². The molecular formula is C15H20N4O3S2. The summed E-state index contributed by atoms with van der Waals surface area (Å²) in [5.74, 6) is -0.320. The zero-order valence-corrected chi connectivity index (χ0v) is 15.2. The first-order chi connectivity index (χ1) is 11.4. The highest BCUT2D eigenvalue weighted by molar-refractivity contribution is 7.91. The molecule has 0 atom stereocenters. The van der Waals surface area contributed by atoms with Crippen LogP contribution in [0.15, 0.2) is 28.6 Å². The smallest absolute Gasteiger partial charge is 0.269 e. The highest BCUT2D eigenvalue weighted by Gasteiger charge is 2.19. The van der Waals surface area contributed by atoms with Gasteiger partial charge in [-0.1, -0.05) is 41.2 Å². The Labute approximate surface area is 145 Å². The third kappa shape index (κ3) is 5.66. The van der Waals surface area contributed by atoms with E-state index in [4.69, 9.17) is 0 Å². The second-order valence-electron chi connectivity index (χ2n) is 5.39. The van der Waals surface area contributed by atoms with Crippen molar-refractivity contribution < 1.29 is 13.2 Å². The minimum absolute atomic E-state index is 0.148. The number of unbranched alkanes of at least 4 members (excludes halogenated alkanes) is 1. The largest absolute Gasteiger partial charge is 0.301 e. The van der Waals surface area contributed by atoms with Crippen molar-refractivity contribution in [3.05, 3.63) is 35.4 Å². The lowest BCUT2D eigenvalue weighted by Crippen LogP contribution is -2.24. The summed E-state index contributed by atoms with van der Waals surface area (Å²) >= 11 is 0.826. The lowest BCUT2D eigenvalue weighted by molar-refractivity contribution is -0.114. The summed E-state index contributed by atoms with van der Waals surface area (Å²) < 4.78 is 26.5. The average Bonchev–Trinajstić information content (AvgIpc) is 2.97. The Morgan fingerprint density at radius 3 is 2.54 bits per heavy atom. The topological polar surface area (TPSA) is 101 Å². The second-order valence-corrected chi connectivity index (χ2v) is 8.31. The fourth-order valence-electron chi connectivity index (χ4n) is 2.00. The summed E-state index contributed by atoms with van der Waals surface area (Å²) in [4.78, 5) is 10.9. The third-order valence-corrected chi connectivity index (χ3v) is 5.89. The molecule has 1 aromatic heterocycles. The lowest BCUT2D eigenvalue weighted by Gasteiger charge is -2.04. The van der Waals surface area contributed by atoms with Gasteiger partial charge in [-0.15, -0.1) is 10.2 Å².